The maximum Gasteiger partial charge on any atom is 0.0540 e. The Morgan fingerprint density at radius 3 is 2.08 bits per heavy atom. The minimum Gasteiger partial charge on any atom is -0.393 e. The Balaban J connectivity index is 2.21. The average Bonchev–Trinajstić information content (AvgIpc) is 2.17. The molecule has 13 heavy (non-hydrogen) atoms. The first-order chi connectivity index (χ1) is 6.26. The molecule has 1 rings (SSSR count). The smallest absolute Gasteiger partial charge is 0.0540 e. The lowest BCUT2D eigenvalue weighted by Gasteiger charge is -2.28. The van der Waals surface area contributed by atoms with Crippen LogP contribution < -0.4 is 0 Å². The third-order valence-electron chi connectivity index (χ3n) is 3.64. The molecule has 0 radical (unpaired) electrons. The standard InChI is InChI=1S/C12H24O/c1-3-10(4-2)9-11-5-7-12(13)8-6-11/h10-13H,3-9H2,1-2H3. The molecule has 0 aromatic heterocycles. The summed E-state index contributed by atoms with van der Waals surface area (Å²) in [4.78, 5) is 0. The van der Waals surface area contributed by atoms with Crippen LogP contribution in [0.1, 0.15) is 58.8 Å². The van der Waals surface area contributed by atoms with Crippen molar-refractivity contribution in [1.29, 1.82) is 0 Å². The second kappa shape index (κ2) is 5.64. The number of hydrogen-bond acceptors (Lipinski definition) is 1. The molecule has 0 amide bonds. The van der Waals surface area contributed by atoms with E-state index in [4.69, 9.17) is 0 Å². The van der Waals surface area contributed by atoms with Crippen LogP contribution in [0.2, 0.25) is 0 Å². The number of rotatable bonds is 4. The molecule has 0 aliphatic heterocycles. The van der Waals surface area contributed by atoms with Gasteiger partial charge in [0.1, 0.15) is 0 Å². The molecular weight excluding hydrogens is 160 g/mol. The van der Waals surface area contributed by atoms with Gasteiger partial charge in [0.15, 0.2) is 0 Å². The summed E-state index contributed by atoms with van der Waals surface area (Å²) in [7, 11) is 0. The van der Waals surface area contributed by atoms with Crippen molar-refractivity contribution < 1.29 is 5.11 Å². The Labute approximate surface area is 82.5 Å². The van der Waals surface area contributed by atoms with Gasteiger partial charge in [-0.1, -0.05) is 26.7 Å². The van der Waals surface area contributed by atoms with Crippen molar-refractivity contribution in [3.63, 3.8) is 0 Å². The zero-order valence-corrected chi connectivity index (χ0v) is 9.13. The molecule has 0 heterocycles. The molecule has 0 atom stereocenters. The van der Waals surface area contributed by atoms with E-state index in [0.29, 0.717) is 0 Å². The van der Waals surface area contributed by atoms with Gasteiger partial charge in [0, 0.05) is 0 Å². The van der Waals surface area contributed by atoms with Gasteiger partial charge < -0.3 is 5.11 Å². The zero-order chi connectivity index (χ0) is 9.68. The van der Waals surface area contributed by atoms with Gasteiger partial charge in [-0.3, -0.25) is 0 Å². The summed E-state index contributed by atoms with van der Waals surface area (Å²) in [6, 6.07) is 0. The first-order valence-electron chi connectivity index (χ1n) is 5.94. The molecule has 1 fully saturated rings. The van der Waals surface area contributed by atoms with E-state index in [0.717, 1.165) is 24.7 Å². The number of hydrogen-bond donors (Lipinski definition) is 1. The van der Waals surface area contributed by atoms with E-state index in [1.165, 1.54) is 32.1 Å². The summed E-state index contributed by atoms with van der Waals surface area (Å²) in [5.41, 5.74) is 0. The summed E-state index contributed by atoms with van der Waals surface area (Å²) in [6.45, 7) is 4.59. The van der Waals surface area contributed by atoms with Crippen LogP contribution >= 0.6 is 0 Å². The van der Waals surface area contributed by atoms with Crippen LogP contribution in [0.25, 0.3) is 0 Å². The third kappa shape index (κ3) is 3.68. The number of aliphatic hydroxyl groups excluding tert-OH is 1. The summed E-state index contributed by atoms with van der Waals surface area (Å²) in [6.07, 6.45) is 8.69. The van der Waals surface area contributed by atoms with Crippen molar-refractivity contribution in [2.45, 2.75) is 64.9 Å². The minimum absolute atomic E-state index is 0.0120. The Bertz CT molecular complexity index is 121. The molecule has 1 heteroatoms. The molecule has 0 unspecified atom stereocenters. The van der Waals surface area contributed by atoms with Crippen LogP contribution in [0.15, 0.2) is 0 Å². The summed E-state index contributed by atoms with van der Waals surface area (Å²) in [5, 5.41) is 9.38. The maximum absolute atomic E-state index is 9.38. The normalized spacial score (nSPS) is 29.5. The van der Waals surface area contributed by atoms with Gasteiger partial charge in [0.25, 0.3) is 0 Å². The first kappa shape index (κ1) is 11.0. The molecule has 0 aromatic rings. The fraction of sp³-hybridized carbons (Fsp3) is 1.00. The largest absolute Gasteiger partial charge is 0.393 e. The molecule has 0 bridgehead atoms. The quantitative estimate of drug-likeness (QED) is 0.710. The van der Waals surface area contributed by atoms with Gasteiger partial charge in [-0.25, -0.2) is 0 Å². The predicted octanol–water partition coefficient (Wildman–Crippen LogP) is 3.36. The van der Waals surface area contributed by atoms with E-state index in [1.54, 1.807) is 0 Å². The van der Waals surface area contributed by atoms with Crippen molar-refractivity contribution in [2.75, 3.05) is 0 Å². The summed E-state index contributed by atoms with van der Waals surface area (Å²) < 4.78 is 0. The van der Waals surface area contributed by atoms with Gasteiger partial charge in [-0.15, -0.1) is 0 Å². The van der Waals surface area contributed by atoms with Gasteiger partial charge in [-0.05, 0) is 43.9 Å². The predicted molar refractivity (Wildman–Crippen MR) is 56.7 cm³/mol. The van der Waals surface area contributed by atoms with Gasteiger partial charge in [0.05, 0.1) is 6.10 Å². The molecule has 0 spiro atoms. The van der Waals surface area contributed by atoms with E-state index in [2.05, 4.69) is 13.8 Å². The molecule has 0 aromatic carbocycles. The van der Waals surface area contributed by atoms with E-state index in [-0.39, 0.29) is 6.10 Å². The van der Waals surface area contributed by atoms with E-state index in [1.807, 2.05) is 0 Å². The lowest BCUT2D eigenvalue weighted by atomic mass is 9.80. The molecule has 1 nitrogen and oxygen atoms in total. The highest BCUT2D eigenvalue weighted by molar-refractivity contribution is 4.73. The summed E-state index contributed by atoms with van der Waals surface area (Å²) in [5.74, 6) is 1.84. The lowest BCUT2D eigenvalue weighted by Crippen LogP contribution is -2.20. The highest BCUT2D eigenvalue weighted by Gasteiger charge is 2.21. The highest BCUT2D eigenvalue weighted by Crippen LogP contribution is 2.31. The Kier molecular flexibility index (Phi) is 4.79. The van der Waals surface area contributed by atoms with E-state index in [9.17, 15) is 5.11 Å². The van der Waals surface area contributed by atoms with Crippen molar-refractivity contribution in [3.8, 4) is 0 Å². The van der Waals surface area contributed by atoms with Crippen LogP contribution in [0.3, 0.4) is 0 Å². The second-order valence-corrected chi connectivity index (χ2v) is 4.59. The van der Waals surface area contributed by atoms with Crippen LogP contribution in [-0.4, -0.2) is 11.2 Å². The molecule has 1 saturated carbocycles. The molecule has 1 aliphatic carbocycles. The minimum atomic E-state index is 0.0120. The van der Waals surface area contributed by atoms with Crippen LogP contribution in [0, 0.1) is 11.8 Å². The lowest BCUT2D eigenvalue weighted by molar-refractivity contribution is 0.101. The summed E-state index contributed by atoms with van der Waals surface area (Å²) >= 11 is 0. The van der Waals surface area contributed by atoms with E-state index >= 15 is 0 Å². The van der Waals surface area contributed by atoms with Gasteiger partial charge in [0.2, 0.25) is 0 Å². The van der Waals surface area contributed by atoms with Crippen molar-refractivity contribution in [2.24, 2.45) is 11.8 Å². The molecular formula is C12H24O. The monoisotopic (exact) mass is 184 g/mol. The fourth-order valence-electron chi connectivity index (χ4n) is 2.47. The van der Waals surface area contributed by atoms with Gasteiger partial charge in [-0.2, -0.15) is 0 Å². The topological polar surface area (TPSA) is 20.2 Å². The first-order valence-corrected chi connectivity index (χ1v) is 5.94. The molecule has 1 aliphatic rings. The SMILES string of the molecule is CCC(CC)CC1CCC(O)CC1. The van der Waals surface area contributed by atoms with Crippen LogP contribution in [0.4, 0.5) is 0 Å². The molecule has 78 valence electrons. The third-order valence-corrected chi connectivity index (χ3v) is 3.64. The van der Waals surface area contributed by atoms with E-state index < -0.39 is 0 Å². The molecule has 1 N–H and O–H groups in total. The fourth-order valence-corrected chi connectivity index (χ4v) is 2.47. The second-order valence-electron chi connectivity index (χ2n) is 4.59. The zero-order valence-electron chi connectivity index (χ0n) is 9.13. The molecule has 0 saturated heterocycles. The Hall–Kier alpha value is -0.0400. The average molecular weight is 184 g/mol. The van der Waals surface area contributed by atoms with Crippen molar-refractivity contribution >= 4 is 0 Å². The Morgan fingerprint density at radius 2 is 1.62 bits per heavy atom. The Morgan fingerprint density at radius 1 is 1.08 bits per heavy atom. The van der Waals surface area contributed by atoms with Gasteiger partial charge >= 0.3 is 0 Å². The van der Waals surface area contributed by atoms with Crippen LogP contribution in [0.5, 0.6) is 0 Å². The van der Waals surface area contributed by atoms with Crippen LogP contribution in [-0.2, 0) is 0 Å². The maximum atomic E-state index is 9.38. The number of aliphatic hydroxyl groups is 1. The highest BCUT2D eigenvalue weighted by atomic mass is 16.3. The van der Waals surface area contributed by atoms with Crippen molar-refractivity contribution in [1.82, 2.24) is 0 Å². The van der Waals surface area contributed by atoms with Crippen molar-refractivity contribution in [3.05, 3.63) is 0 Å².